The lowest BCUT2D eigenvalue weighted by molar-refractivity contribution is 0.0453. The Bertz CT molecular complexity index is 721. The molecule has 0 amide bonds. The van der Waals surface area contributed by atoms with E-state index in [0.29, 0.717) is 19.4 Å². The SMILES string of the molecule is O=S(=O)(NCC1CC(O)C1)c1ccc2ccccc2c1. The molecule has 0 radical (unpaired) electrons. The van der Waals surface area contributed by atoms with Crippen molar-refractivity contribution in [3.63, 3.8) is 0 Å². The van der Waals surface area contributed by atoms with E-state index in [4.69, 9.17) is 0 Å². The molecule has 0 bridgehead atoms. The number of aliphatic hydroxyl groups excluding tert-OH is 1. The van der Waals surface area contributed by atoms with Gasteiger partial charge >= 0.3 is 0 Å². The molecule has 1 fully saturated rings. The van der Waals surface area contributed by atoms with Crippen LogP contribution in [0.2, 0.25) is 0 Å². The topological polar surface area (TPSA) is 66.4 Å². The number of sulfonamides is 1. The quantitative estimate of drug-likeness (QED) is 0.904. The first-order valence-corrected chi connectivity index (χ1v) is 8.19. The molecular formula is C15H17NO3S. The lowest BCUT2D eigenvalue weighted by atomic mass is 9.83. The third kappa shape index (κ3) is 2.70. The first-order valence-electron chi connectivity index (χ1n) is 6.71. The van der Waals surface area contributed by atoms with Crippen LogP contribution in [0.15, 0.2) is 47.4 Å². The Labute approximate surface area is 118 Å². The highest BCUT2D eigenvalue weighted by molar-refractivity contribution is 7.89. The van der Waals surface area contributed by atoms with Crippen molar-refractivity contribution in [3.8, 4) is 0 Å². The highest BCUT2D eigenvalue weighted by Crippen LogP contribution is 2.27. The van der Waals surface area contributed by atoms with Crippen LogP contribution in [0.1, 0.15) is 12.8 Å². The van der Waals surface area contributed by atoms with Gasteiger partial charge < -0.3 is 5.11 Å². The van der Waals surface area contributed by atoms with Gasteiger partial charge in [-0.25, -0.2) is 13.1 Å². The highest BCUT2D eigenvalue weighted by Gasteiger charge is 2.28. The van der Waals surface area contributed by atoms with Gasteiger partial charge in [-0.2, -0.15) is 0 Å². The number of fused-ring (bicyclic) bond motifs is 1. The van der Waals surface area contributed by atoms with Crippen LogP contribution in [0.25, 0.3) is 10.8 Å². The van der Waals surface area contributed by atoms with Gasteiger partial charge in [-0.1, -0.05) is 30.3 Å². The van der Waals surface area contributed by atoms with Gasteiger partial charge in [-0.05, 0) is 41.7 Å². The van der Waals surface area contributed by atoms with E-state index in [1.54, 1.807) is 12.1 Å². The molecule has 1 aliphatic rings. The maximum Gasteiger partial charge on any atom is 0.240 e. The Morgan fingerprint density at radius 1 is 1.10 bits per heavy atom. The molecule has 2 aromatic rings. The molecule has 0 heterocycles. The zero-order valence-electron chi connectivity index (χ0n) is 11.0. The van der Waals surface area contributed by atoms with Crippen molar-refractivity contribution in [3.05, 3.63) is 42.5 Å². The summed E-state index contributed by atoms with van der Waals surface area (Å²) in [5, 5.41) is 11.1. The van der Waals surface area contributed by atoms with Gasteiger partial charge in [0.05, 0.1) is 11.0 Å². The average Bonchev–Trinajstić information content (AvgIpc) is 2.42. The van der Waals surface area contributed by atoms with Crippen LogP contribution in [0, 0.1) is 5.92 Å². The van der Waals surface area contributed by atoms with Crippen LogP contribution < -0.4 is 4.72 Å². The summed E-state index contributed by atoms with van der Waals surface area (Å²) in [4.78, 5) is 0.288. The normalized spacial score (nSPS) is 22.6. The molecule has 1 aliphatic carbocycles. The van der Waals surface area contributed by atoms with E-state index < -0.39 is 10.0 Å². The molecule has 106 valence electrons. The molecule has 2 aromatic carbocycles. The second-order valence-corrected chi connectivity index (χ2v) is 7.12. The summed E-state index contributed by atoms with van der Waals surface area (Å²) in [6.45, 7) is 0.395. The van der Waals surface area contributed by atoms with E-state index in [0.717, 1.165) is 10.8 Å². The lowest BCUT2D eigenvalue weighted by Crippen LogP contribution is -2.38. The summed E-state index contributed by atoms with van der Waals surface area (Å²) in [6, 6.07) is 12.8. The largest absolute Gasteiger partial charge is 0.393 e. The molecular weight excluding hydrogens is 274 g/mol. The molecule has 0 spiro atoms. The lowest BCUT2D eigenvalue weighted by Gasteiger charge is -2.31. The number of benzene rings is 2. The Hall–Kier alpha value is -1.43. The molecule has 2 N–H and O–H groups in total. The molecule has 1 saturated carbocycles. The van der Waals surface area contributed by atoms with Crippen LogP contribution in [0.3, 0.4) is 0 Å². The van der Waals surface area contributed by atoms with E-state index in [2.05, 4.69) is 4.72 Å². The maximum atomic E-state index is 12.2. The fraction of sp³-hybridized carbons (Fsp3) is 0.333. The van der Waals surface area contributed by atoms with Crippen LogP contribution in [0.4, 0.5) is 0 Å². The van der Waals surface area contributed by atoms with Gasteiger partial charge in [0.1, 0.15) is 0 Å². The van der Waals surface area contributed by atoms with Gasteiger partial charge in [0.15, 0.2) is 0 Å². The molecule has 0 atom stereocenters. The zero-order valence-corrected chi connectivity index (χ0v) is 11.8. The third-order valence-corrected chi connectivity index (χ3v) is 5.23. The summed E-state index contributed by atoms with van der Waals surface area (Å²) in [6.07, 6.45) is 1.10. The fourth-order valence-corrected chi connectivity index (χ4v) is 3.66. The van der Waals surface area contributed by atoms with Crippen molar-refractivity contribution >= 4 is 20.8 Å². The molecule has 4 nitrogen and oxygen atoms in total. The van der Waals surface area contributed by atoms with E-state index in [-0.39, 0.29) is 16.9 Å². The molecule has 0 aromatic heterocycles. The minimum absolute atomic E-state index is 0.250. The van der Waals surface area contributed by atoms with Crippen molar-refractivity contribution in [1.29, 1.82) is 0 Å². The maximum absolute atomic E-state index is 12.2. The Morgan fingerprint density at radius 3 is 2.50 bits per heavy atom. The summed E-state index contributed by atoms with van der Waals surface area (Å²) in [5.41, 5.74) is 0. The van der Waals surface area contributed by atoms with Crippen LogP contribution in [-0.4, -0.2) is 26.2 Å². The monoisotopic (exact) mass is 291 g/mol. The zero-order chi connectivity index (χ0) is 14.2. The molecule has 0 saturated heterocycles. The van der Waals surface area contributed by atoms with E-state index in [1.165, 1.54) is 0 Å². The molecule has 5 heteroatoms. The van der Waals surface area contributed by atoms with Crippen LogP contribution >= 0.6 is 0 Å². The highest BCUT2D eigenvalue weighted by atomic mass is 32.2. The minimum Gasteiger partial charge on any atom is -0.393 e. The molecule has 20 heavy (non-hydrogen) atoms. The summed E-state index contributed by atoms with van der Waals surface area (Å²) in [5.74, 6) is 0.250. The van der Waals surface area contributed by atoms with Crippen molar-refractivity contribution in [2.24, 2.45) is 5.92 Å². The number of nitrogens with one attached hydrogen (secondary N) is 1. The smallest absolute Gasteiger partial charge is 0.240 e. The summed E-state index contributed by atoms with van der Waals surface area (Å²) >= 11 is 0. The summed E-state index contributed by atoms with van der Waals surface area (Å²) in [7, 11) is -3.47. The van der Waals surface area contributed by atoms with Gasteiger partial charge in [-0.15, -0.1) is 0 Å². The summed E-state index contributed by atoms with van der Waals surface area (Å²) < 4.78 is 27.1. The van der Waals surface area contributed by atoms with Gasteiger partial charge in [0.25, 0.3) is 0 Å². The number of hydrogen-bond donors (Lipinski definition) is 2. The predicted octanol–water partition coefficient (Wildman–Crippen LogP) is 1.89. The second kappa shape index (κ2) is 5.16. The van der Waals surface area contributed by atoms with E-state index >= 15 is 0 Å². The van der Waals surface area contributed by atoms with E-state index in [1.807, 2.05) is 30.3 Å². The fourth-order valence-electron chi connectivity index (χ4n) is 2.51. The molecule has 3 rings (SSSR count). The van der Waals surface area contributed by atoms with Crippen LogP contribution in [0.5, 0.6) is 0 Å². The first kappa shape index (κ1) is 13.5. The standard InChI is InChI=1S/C15H17NO3S/c17-14-7-11(8-14)10-16-20(18,19)15-6-5-12-3-1-2-4-13(12)9-15/h1-6,9,11,14,16-17H,7-8,10H2. The minimum atomic E-state index is -3.47. The Morgan fingerprint density at radius 2 is 1.80 bits per heavy atom. The van der Waals surface area contributed by atoms with Crippen molar-refractivity contribution in [1.82, 2.24) is 4.72 Å². The van der Waals surface area contributed by atoms with Crippen molar-refractivity contribution in [2.45, 2.75) is 23.8 Å². The average molecular weight is 291 g/mol. The number of aliphatic hydroxyl groups is 1. The third-order valence-electron chi connectivity index (χ3n) is 3.80. The van der Waals surface area contributed by atoms with Gasteiger partial charge in [-0.3, -0.25) is 0 Å². The van der Waals surface area contributed by atoms with Gasteiger partial charge in [0, 0.05) is 6.54 Å². The number of hydrogen-bond acceptors (Lipinski definition) is 3. The Balaban J connectivity index is 1.78. The van der Waals surface area contributed by atoms with Gasteiger partial charge in [0.2, 0.25) is 10.0 Å². The molecule has 0 unspecified atom stereocenters. The van der Waals surface area contributed by atoms with E-state index in [9.17, 15) is 13.5 Å². The van der Waals surface area contributed by atoms with Crippen molar-refractivity contribution < 1.29 is 13.5 Å². The van der Waals surface area contributed by atoms with Crippen molar-refractivity contribution in [2.75, 3.05) is 6.54 Å². The predicted molar refractivity (Wildman–Crippen MR) is 77.9 cm³/mol. The second-order valence-electron chi connectivity index (χ2n) is 5.35. The van der Waals surface area contributed by atoms with Crippen LogP contribution in [-0.2, 0) is 10.0 Å². The Kier molecular flexibility index (Phi) is 3.50. The molecule has 0 aliphatic heterocycles. The first-order chi connectivity index (χ1) is 9.54. The number of rotatable bonds is 4.